The van der Waals surface area contributed by atoms with E-state index in [1.807, 2.05) is 0 Å². The molecule has 0 fully saturated rings. The first-order chi connectivity index (χ1) is 8.09. The SMILES string of the molecule is Oc1ccc(-c2ccccc2Cl)c(C(F)F)c1. The topological polar surface area (TPSA) is 20.2 Å². The molecule has 0 atom stereocenters. The third kappa shape index (κ3) is 2.39. The van der Waals surface area contributed by atoms with E-state index >= 15 is 0 Å². The molecule has 0 amide bonds. The fraction of sp³-hybridized carbons (Fsp3) is 0.0769. The van der Waals surface area contributed by atoms with Gasteiger partial charge in [0.2, 0.25) is 0 Å². The molecule has 2 aromatic carbocycles. The number of alkyl halides is 2. The van der Waals surface area contributed by atoms with Crippen molar-refractivity contribution >= 4 is 11.6 Å². The summed E-state index contributed by atoms with van der Waals surface area (Å²) in [6.45, 7) is 0. The van der Waals surface area contributed by atoms with E-state index in [4.69, 9.17) is 11.6 Å². The van der Waals surface area contributed by atoms with Crippen molar-refractivity contribution in [1.82, 2.24) is 0 Å². The molecule has 88 valence electrons. The second-order valence-corrected chi connectivity index (χ2v) is 3.96. The van der Waals surface area contributed by atoms with Crippen molar-refractivity contribution in [2.24, 2.45) is 0 Å². The Balaban J connectivity index is 2.63. The van der Waals surface area contributed by atoms with Crippen molar-refractivity contribution in [2.75, 3.05) is 0 Å². The summed E-state index contributed by atoms with van der Waals surface area (Å²) >= 11 is 5.97. The fourth-order valence-corrected chi connectivity index (χ4v) is 1.89. The largest absolute Gasteiger partial charge is 0.508 e. The second-order valence-electron chi connectivity index (χ2n) is 3.55. The monoisotopic (exact) mass is 254 g/mol. The molecule has 0 saturated carbocycles. The van der Waals surface area contributed by atoms with Gasteiger partial charge in [-0.15, -0.1) is 0 Å². The van der Waals surface area contributed by atoms with E-state index in [0.717, 1.165) is 6.07 Å². The van der Waals surface area contributed by atoms with Crippen LogP contribution in [-0.4, -0.2) is 5.11 Å². The highest BCUT2D eigenvalue weighted by atomic mass is 35.5. The van der Waals surface area contributed by atoms with Crippen LogP contribution in [0.4, 0.5) is 8.78 Å². The minimum atomic E-state index is -2.66. The van der Waals surface area contributed by atoms with Gasteiger partial charge >= 0.3 is 0 Å². The molecule has 0 heterocycles. The number of phenolic OH excluding ortho intramolecular Hbond substituents is 1. The first-order valence-corrected chi connectivity index (χ1v) is 5.33. The third-order valence-corrected chi connectivity index (χ3v) is 2.76. The highest BCUT2D eigenvalue weighted by Gasteiger charge is 2.16. The van der Waals surface area contributed by atoms with Gasteiger partial charge in [-0.1, -0.05) is 35.9 Å². The van der Waals surface area contributed by atoms with Gasteiger partial charge in [0, 0.05) is 16.1 Å². The molecule has 0 unspecified atom stereocenters. The van der Waals surface area contributed by atoms with Crippen LogP contribution in [0.5, 0.6) is 5.75 Å². The minimum absolute atomic E-state index is 0.184. The molecule has 2 aromatic rings. The lowest BCUT2D eigenvalue weighted by Crippen LogP contribution is -1.90. The van der Waals surface area contributed by atoms with Crippen molar-refractivity contribution in [3.63, 3.8) is 0 Å². The van der Waals surface area contributed by atoms with E-state index in [2.05, 4.69) is 0 Å². The molecule has 0 aliphatic rings. The van der Waals surface area contributed by atoms with Gasteiger partial charge in [0.1, 0.15) is 5.75 Å². The molecular weight excluding hydrogens is 246 g/mol. The molecule has 0 saturated heterocycles. The zero-order valence-corrected chi connectivity index (χ0v) is 9.46. The van der Waals surface area contributed by atoms with Crippen LogP contribution >= 0.6 is 11.6 Å². The molecule has 2 rings (SSSR count). The van der Waals surface area contributed by atoms with Gasteiger partial charge in [0.25, 0.3) is 6.43 Å². The molecule has 0 aliphatic heterocycles. The van der Waals surface area contributed by atoms with Crippen LogP contribution in [0, 0.1) is 0 Å². The number of benzene rings is 2. The summed E-state index contributed by atoms with van der Waals surface area (Å²) in [5.41, 5.74) is 0.644. The van der Waals surface area contributed by atoms with Crippen molar-refractivity contribution in [3.8, 4) is 16.9 Å². The highest BCUT2D eigenvalue weighted by molar-refractivity contribution is 6.33. The Kier molecular flexibility index (Phi) is 3.29. The minimum Gasteiger partial charge on any atom is -0.508 e. The molecule has 17 heavy (non-hydrogen) atoms. The molecule has 0 bridgehead atoms. The van der Waals surface area contributed by atoms with E-state index in [9.17, 15) is 13.9 Å². The van der Waals surface area contributed by atoms with Gasteiger partial charge in [-0.2, -0.15) is 0 Å². The summed E-state index contributed by atoms with van der Waals surface area (Å²) in [5, 5.41) is 9.64. The quantitative estimate of drug-likeness (QED) is 0.827. The van der Waals surface area contributed by atoms with Crippen LogP contribution in [0.25, 0.3) is 11.1 Å². The van der Waals surface area contributed by atoms with E-state index in [1.54, 1.807) is 24.3 Å². The Labute approximate surface area is 102 Å². The summed E-state index contributed by atoms with van der Waals surface area (Å²) in [6, 6.07) is 10.6. The zero-order valence-electron chi connectivity index (χ0n) is 8.70. The lowest BCUT2D eigenvalue weighted by molar-refractivity contribution is 0.151. The van der Waals surface area contributed by atoms with Gasteiger partial charge < -0.3 is 5.11 Å². The summed E-state index contributed by atoms with van der Waals surface area (Å²) in [4.78, 5) is 0. The predicted molar refractivity (Wildman–Crippen MR) is 63.5 cm³/mol. The smallest absolute Gasteiger partial charge is 0.264 e. The fourth-order valence-electron chi connectivity index (χ4n) is 1.66. The van der Waals surface area contributed by atoms with Gasteiger partial charge in [-0.05, 0) is 23.8 Å². The molecule has 1 N–H and O–H groups in total. The number of phenols is 1. The summed E-state index contributed by atoms with van der Waals surface area (Å²) in [5.74, 6) is -0.184. The zero-order chi connectivity index (χ0) is 12.4. The first-order valence-electron chi connectivity index (χ1n) is 4.95. The van der Waals surface area contributed by atoms with Gasteiger partial charge in [-0.3, -0.25) is 0 Å². The number of hydrogen-bond acceptors (Lipinski definition) is 1. The van der Waals surface area contributed by atoms with Crippen LogP contribution in [0.3, 0.4) is 0 Å². The van der Waals surface area contributed by atoms with Gasteiger partial charge in [0.15, 0.2) is 0 Å². The summed E-state index contributed by atoms with van der Waals surface area (Å²) in [7, 11) is 0. The second kappa shape index (κ2) is 4.72. The highest BCUT2D eigenvalue weighted by Crippen LogP contribution is 2.36. The number of hydrogen-bond donors (Lipinski definition) is 1. The van der Waals surface area contributed by atoms with Crippen molar-refractivity contribution in [1.29, 1.82) is 0 Å². The molecule has 0 spiro atoms. The maximum Gasteiger partial charge on any atom is 0.264 e. The van der Waals surface area contributed by atoms with Crippen LogP contribution in [0.2, 0.25) is 5.02 Å². The van der Waals surface area contributed by atoms with Crippen molar-refractivity contribution in [2.45, 2.75) is 6.43 Å². The lowest BCUT2D eigenvalue weighted by Gasteiger charge is -2.10. The predicted octanol–water partition coefficient (Wildman–Crippen LogP) is 4.65. The average molecular weight is 255 g/mol. The third-order valence-electron chi connectivity index (χ3n) is 2.43. The molecule has 1 nitrogen and oxygen atoms in total. The Bertz CT molecular complexity index is 541. The number of rotatable bonds is 2. The lowest BCUT2D eigenvalue weighted by atomic mass is 9.99. The molecular formula is C13H9ClF2O. The summed E-state index contributed by atoms with van der Waals surface area (Å²) in [6.07, 6.45) is -2.66. The van der Waals surface area contributed by atoms with Gasteiger partial charge in [0.05, 0.1) is 0 Å². The Hall–Kier alpha value is -1.61. The average Bonchev–Trinajstić information content (AvgIpc) is 2.30. The Morgan fingerprint density at radius 1 is 1.00 bits per heavy atom. The first kappa shape index (κ1) is 11.9. The van der Waals surface area contributed by atoms with Crippen molar-refractivity contribution in [3.05, 3.63) is 53.1 Å². The number of halogens is 3. The van der Waals surface area contributed by atoms with Crippen LogP contribution < -0.4 is 0 Å². The van der Waals surface area contributed by atoms with E-state index < -0.39 is 6.43 Å². The Morgan fingerprint density at radius 2 is 1.71 bits per heavy atom. The molecule has 0 aliphatic carbocycles. The van der Waals surface area contributed by atoms with E-state index in [0.29, 0.717) is 16.1 Å². The van der Waals surface area contributed by atoms with Gasteiger partial charge in [-0.25, -0.2) is 8.78 Å². The van der Waals surface area contributed by atoms with Crippen LogP contribution in [0.15, 0.2) is 42.5 Å². The molecule has 4 heteroatoms. The molecule has 0 radical (unpaired) electrons. The maximum absolute atomic E-state index is 12.9. The normalized spacial score (nSPS) is 10.8. The van der Waals surface area contributed by atoms with Crippen molar-refractivity contribution < 1.29 is 13.9 Å². The Morgan fingerprint density at radius 3 is 2.35 bits per heavy atom. The van der Waals surface area contributed by atoms with Crippen LogP contribution in [-0.2, 0) is 0 Å². The summed E-state index contributed by atoms with van der Waals surface area (Å²) < 4.78 is 25.7. The van der Waals surface area contributed by atoms with Crippen LogP contribution in [0.1, 0.15) is 12.0 Å². The number of aromatic hydroxyl groups is 1. The maximum atomic E-state index is 12.9. The molecule has 0 aromatic heterocycles. The standard InChI is InChI=1S/C13H9ClF2O/c14-12-4-2-1-3-10(12)9-6-5-8(17)7-11(9)13(15)16/h1-7,13,17H. The van der Waals surface area contributed by atoms with E-state index in [-0.39, 0.29) is 11.3 Å². The van der Waals surface area contributed by atoms with E-state index in [1.165, 1.54) is 12.1 Å².